The predicted molar refractivity (Wildman–Crippen MR) is 126 cm³/mol. The van der Waals surface area contributed by atoms with Gasteiger partial charge in [0.2, 0.25) is 15.9 Å². The highest BCUT2D eigenvalue weighted by Gasteiger charge is 2.37. The van der Waals surface area contributed by atoms with Crippen molar-refractivity contribution in [3.8, 4) is 0 Å². The summed E-state index contributed by atoms with van der Waals surface area (Å²) in [4.78, 5) is 27.4. The molecule has 0 atom stereocenters. The maximum Gasteiger partial charge on any atom is 0.315 e. The lowest BCUT2D eigenvalue weighted by molar-refractivity contribution is -0.137. The van der Waals surface area contributed by atoms with E-state index in [2.05, 4.69) is 15.8 Å². The van der Waals surface area contributed by atoms with Gasteiger partial charge in [-0.3, -0.25) is 4.79 Å². The van der Waals surface area contributed by atoms with Crippen LogP contribution in [0.25, 0.3) is 0 Å². The highest BCUT2D eigenvalue weighted by atomic mass is 32.2. The fourth-order valence-electron chi connectivity index (χ4n) is 5.48. The van der Waals surface area contributed by atoms with Gasteiger partial charge in [-0.15, -0.1) is 0 Å². The maximum absolute atomic E-state index is 13.1. The van der Waals surface area contributed by atoms with Crippen LogP contribution in [-0.2, 0) is 14.8 Å². The molecule has 0 spiro atoms. The van der Waals surface area contributed by atoms with Crippen LogP contribution in [0.2, 0.25) is 0 Å². The molecule has 1 saturated carbocycles. The summed E-state index contributed by atoms with van der Waals surface area (Å²) < 4.78 is 32.5. The van der Waals surface area contributed by atoms with Crippen LogP contribution >= 0.6 is 0 Å². The minimum absolute atomic E-state index is 0.0784. The molecule has 3 fully saturated rings. The monoisotopic (exact) mass is 495 g/mol. The van der Waals surface area contributed by atoms with E-state index in [9.17, 15) is 18.0 Å². The van der Waals surface area contributed by atoms with Crippen molar-refractivity contribution in [3.63, 3.8) is 0 Å². The number of carbonyl (C=O) groups is 2. The van der Waals surface area contributed by atoms with E-state index in [0.29, 0.717) is 50.5 Å². The summed E-state index contributed by atoms with van der Waals surface area (Å²) in [5.41, 5.74) is 0.361. The van der Waals surface area contributed by atoms with Gasteiger partial charge in [-0.1, -0.05) is 24.4 Å². The first-order valence-electron chi connectivity index (χ1n) is 12.5. The number of rotatable bonds is 5. The van der Waals surface area contributed by atoms with Crippen molar-refractivity contribution in [1.29, 1.82) is 0 Å². The summed E-state index contributed by atoms with van der Waals surface area (Å²) >= 11 is 0. The quantitative estimate of drug-likeness (QED) is 0.646. The van der Waals surface area contributed by atoms with Gasteiger partial charge in [0.1, 0.15) is 10.6 Å². The van der Waals surface area contributed by atoms with Gasteiger partial charge in [0.25, 0.3) is 0 Å². The first-order chi connectivity index (χ1) is 16.3. The first-order valence-corrected chi connectivity index (χ1v) is 14.0. The summed E-state index contributed by atoms with van der Waals surface area (Å²) in [6.07, 6.45) is 8.20. The lowest BCUT2D eigenvalue weighted by Crippen LogP contribution is -2.52. The zero-order valence-corrected chi connectivity index (χ0v) is 21.0. The van der Waals surface area contributed by atoms with Crippen LogP contribution in [0.5, 0.6) is 0 Å². The van der Waals surface area contributed by atoms with Crippen LogP contribution in [0, 0.1) is 19.8 Å². The molecule has 11 heteroatoms. The Balaban J connectivity index is 1.22. The lowest BCUT2D eigenvalue weighted by Gasteiger charge is -2.37. The van der Waals surface area contributed by atoms with Crippen molar-refractivity contribution in [3.05, 3.63) is 11.5 Å². The van der Waals surface area contributed by atoms with Gasteiger partial charge < -0.3 is 20.1 Å². The first kappa shape index (κ1) is 25.0. The van der Waals surface area contributed by atoms with E-state index >= 15 is 0 Å². The average molecular weight is 496 g/mol. The van der Waals surface area contributed by atoms with Gasteiger partial charge in [-0.05, 0) is 52.4 Å². The van der Waals surface area contributed by atoms with E-state index < -0.39 is 10.0 Å². The van der Waals surface area contributed by atoms with E-state index in [1.54, 1.807) is 13.8 Å². The van der Waals surface area contributed by atoms with E-state index in [0.717, 1.165) is 25.7 Å². The van der Waals surface area contributed by atoms with E-state index in [1.807, 2.05) is 4.90 Å². The molecule has 2 N–H and O–H groups in total. The molecular formula is C23H37N5O5S. The van der Waals surface area contributed by atoms with Crippen molar-refractivity contribution in [2.24, 2.45) is 5.92 Å². The molecule has 2 aliphatic heterocycles. The molecule has 3 heterocycles. The van der Waals surface area contributed by atoms with Crippen LogP contribution in [-0.4, -0.2) is 73.0 Å². The van der Waals surface area contributed by atoms with E-state index in [4.69, 9.17) is 4.52 Å². The number of hydrogen-bond donors (Lipinski definition) is 2. The number of sulfonamides is 1. The van der Waals surface area contributed by atoms with Gasteiger partial charge in [-0.2, -0.15) is 4.31 Å². The van der Waals surface area contributed by atoms with Crippen molar-refractivity contribution in [2.45, 2.75) is 88.6 Å². The largest absolute Gasteiger partial charge is 0.360 e. The van der Waals surface area contributed by atoms with E-state index in [-0.39, 0.29) is 34.8 Å². The Morgan fingerprint density at radius 3 is 2.03 bits per heavy atom. The minimum Gasteiger partial charge on any atom is -0.360 e. The smallest absolute Gasteiger partial charge is 0.315 e. The minimum atomic E-state index is -3.68. The Morgan fingerprint density at radius 2 is 1.47 bits per heavy atom. The Morgan fingerprint density at radius 1 is 0.882 bits per heavy atom. The zero-order chi connectivity index (χ0) is 24.3. The molecule has 1 aromatic heterocycles. The van der Waals surface area contributed by atoms with E-state index in [1.165, 1.54) is 23.6 Å². The second-order valence-corrected chi connectivity index (χ2v) is 11.8. The van der Waals surface area contributed by atoms with Gasteiger partial charge in [0, 0.05) is 44.2 Å². The second kappa shape index (κ2) is 10.6. The van der Waals surface area contributed by atoms with Crippen molar-refractivity contribution < 1.29 is 22.5 Å². The second-order valence-electron chi connectivity index (χ2n) is 9.88. The van der Waals surface area contributed by atoms with Gasteiger partial charge in [0.15, 0.2) is 5.76 Å². The Hall–Kier alpha value is -2.14. The predicted octanol–water partition coefficient (Wildman–Crippen LogP) is 2.32. The SMILES string of the molecule is Cc1noc(C)c1S(=O)(=O)N1CCC(C(=O)N2CCC(NC(=O)NC3CCCCC3)CC2)CC1. The number of nitrogens with zero attached hydrogens (tertiary/aromatic N) is 3. The Kier molecular flexibility index (Phi) is 7.81. The van der Waals surface area contributed by atoms with Crippen LogP contribution < -0.4 is 10.6 Å². The molecule has 0 aromatic carbocycles. The van der Waals surface area contributed by atoms with Crippen LogP contribution in [0.3, 0.4) is 0 Å². The summed E-state index contributed by atoms with van der Waals surface area (Å²) in [6.45, 7) is 5.07. The van der Waals surface area contributed by atoms with Gasteiger partial charge in [-0.25, -0.2) is 13.2 Å². The number of likely N-dealkylation sites (tertiary alicyclic amines) is 1. The number of aryl methyl sites for hydroxylation is 2. The standard InChI is InChI=1S/C23H37N5O5S/c1-16-21(17(2)33-26-16)34(31,32)28-14-8-18(9-15-28)22(29)27-12-10-20(11-13-27)25-23(30)24-19-6-4-3-5-7-19/h18-20H,3-15H2,1-2H3,(H2,24,25,30). The molecule has 2 saturated heterocycles. The Labute approximate surface area is 201 Å². The third-order valence-electron chi connectivity index (χ3n) is 7.45. The molecule has 1 aromatic rings. The van der Waals surface area contributed by atoms with Crippen LogP contribution in [0.15, 0.2) is 9.42 Å². The summed E-state index contributed by atoms with van der Waals surface area (Å²) in [5.74, 6) is 0.217. The third kappa shape index (κ3) is 5.56. The number of nitrogens with one attached hydrogen (secondary N) is 2. The summed E-state index contributed by atoms with van der Waals surface area (Å²) in [5, 5.41) is 9.93. The highest BCUT2D eigenvalue weighted by molar-refractivity contribution is 7.89. The topological polar surface area (TPSA) is 125 Å². The number of aromatic nitrogens is 1. The van der Waals surface area contributed by atoms with Crippen molar-refractivity contribution in [2.75, 3.05) is 26.2 Å². The molecule has 10 nitrogen and oxygen atoms in total. The maximum atomic E-state index is 13.1. The molecule has 1 aliphatic carbocycles. The molecule has 0 radical (unpaired) electrons. The van der Waals surface area contributed by atoms with Crippen molar-refractivity contribution >= 4 is 22.0 Å². The van der Waals surface area contributed by atoms with Crippen LogP contribution in [0.1, 0.15) is 69.2 Å². The highest BCUT2D eigenvalue weighted by Crippen LogP contribution is 2.29. The normalized spacial score (nSPS) is 22.0. The molecule has 0 unspecified atom stereocenters. The Bertz CT molecular complexity index is 952. The molecular weight excluding hydrogens is 458 g/mol. The number of hydrogen-bond acceptors (Lipinski definition) is 6. The molecule has 0 bridgehead atoms. The third-order valence-corrected chi connectivity index (χ3v) is 9.59. The molecule has 34 heavy (non-hydrogen) atoms. The number of piperidine rings is 2. The van der Waals surface area contributed by atoms with Crippen molar-refractivity contribution in [1.82, 2.24) is 25.0 Å². The lowest BCUT2D eigenvalue weighted by atomic mass is 9.94. The number of urea groups is 1. The number of amides is 3. The fraction of sp³-hybridized carbons (Fsp3) is 0.783. The van der Waals surface area contributed by atoms with Gasteiger partial charge in [0.05, 0.1) is 0 Å². The number of carbonyl (C=O) groups excluding carboxylic acids is 2. The fourth-order valence-corrected chi connectivity index (χ4v) is 7.24. The molecule has 4 rings (SSSR count). The van der Waals surface area contributed by atoms with Crippen LogP contribution in [0.4, 0.5) is 4.79 Å². The molecule has 190 valence electrons. The summed E-state index contributed by atoms with van der Waals surface area (Å²) in [6, 6.07) is 0.265. The zero-order valence-electron chi connectivity index (χ0n) is 20.2. The summed E-state index contributed by atoms with van der Waals surface area (Å²) in [7, 11) is -3.68. The molecule has 3 aliphatic rings. The average Bonchev–Trinajstić information content (AvgIpc) is 3.18. The molecule has 3 amide bonds. The van der Waals surface area contributed by atoms with Gasteiger partial charge >= 0.3 is 6.03 Å².